The molecule has 1 saturated carbocycles. The standard InChI is InChI=1S/C18H21F3N2O4/c1-11(24)27-9-5-6-12-10-17(23-15(25)18(19,20)21)14(12)16(26-2)8-4-3-7-13(16)22-17/h3-4,7-8,12,14H,5-6,9-10H2,1-2H3,(H,23,25)/t12-,14-,16+,17+/m0/s1. The largest absolute Gasteiger partial charge is 0.471 e. The van der Waals surface area contributed by atoms with Crippen LogP contribution >= 0.6 is 0 Å². The first kappa shape index (κ1) is 19.6. The summed E-state index contributed by atoms with van der Waals surface area (Å²) in [6.45, 7) is 1.56. The van der Waals surface area contributed by atoms with E-state index in [4.69, 9.17) is 9.47 Å². The first-order valence-electron chi connectivity index (χ1n) is 8.69. The van der Waals surface area contributed by atoms with Gasteiger partial charge >= 0.3 is 18.1 Å². The van der Waals surface area contributed by atoms with E-state index >= 15 is 0 Å². The molecular formula is C18H21F3N2O4. The van der Waals surface area contributed by atoms with Crippen LogP contribution in [0.3, 0.4) is 0 Å². The molecule has 3 rings (SSSR count). The summed E-state index contributed by atoms with van der Waals surface area (Å²) >= 11 is 0. The Balaban J connectivity index is 1.82. The summed E-state index contributed by atoms with van der Waals surface area (Å²) < 4.78 is 49.1. The number of alkyl halides is 3. The number of nitrogens with zero attached hydrogens (tertiary/aromatic N) is 1. The summed E-state index contributed by atoms with van der Waals surface area (Å²) in [7, 11) is 1.48. The predicted octanol–water partition coefficient (Wildman–Crippen LogP) is 2.31. The first-order chi connectivity index (χ1) is 12.6. The third-order valence-corrected chi connectivity index (χ3v) is 5.40. The zero-order valence-electron chi connectivity index (χ0n) is 15.0. The van der Waals surface area contributed by atoms with Crippen molar-refractivity contribution in [1.82, 2.24) is 5.32 Å². The highest BCUT2D eigenvalue weighted by Crippen LogP contribution is 2.59. The average Bonchev–Trinajstić information content (AvgIpc) is 2.79. The fraction of sp³-hybridized carbons (Fsp3) is 0.611. The molecule has 0 unspecified atom stereocenters. The highest BCUT2D eigenvalue weighted by Gasteiger charge is 2.69. The molecule has 4 atom stereocenters. The van der Waals surface area contributed by atoms with Crippen molar-refractivity contribution < 1.29 is 32.2 Å². The van der Waals surface area contributed by atoms with Crippen molar-refractivity contribution in [3.05, 3.63) is 24.3 Å². The van der Waals surface area contributed by atoms with Crippen molar-refractivity contribution in [3.8, 4) is 0 Å². The van der Waals surface area contributed by atoms with E-state index < -0.39 is 29.3 Å². The van der Waals surface area contributed by atoms with Gasteiger partial charge < -0.3 is 14.8 Å². The van der Waals surface area contributed by atoms with Gasteiger partial charge in [0.25, 0.3) is 0 Å². The van der Waals surface area contributed by atoms with Crippen LogP contribution in [0.15, 0.2) is 29.3 Å². The molecule has 0 spiro atoms. The average molecular weight is 386 g/mol. The zero-order chi connectivity index (χ0) is 19.9. The van der Waals surface area contributed by atoms with Gasteiger partial charge in [-0.2, -0.15) is 13.2 Å². The molecule has 0 aromatic carbocycles. The summed E-state index contributed by atoms with van der Waals surface area (Å²) in [5.41, 5.74) is -1.82. The molecule has 0 radical (unpaired) electrons. The summed E-state index contributed by atoms with van der Waals surface area (Å²) in [6.07, 6.45) is 3.44. The molecule has 1 aliphatic heterocycles. The fourth-order valence-electron chi connectivity index (χ4n) is 4.41. The normalized spacial score (nSPS) is 33.6. The Bertz CT molecular complexity index is 731. The van der Waals surface area contributed by atoms with Gasteiger partial charge in [-0.15, -0.1) is 0 Å². The number of carbonyl (C=O) groups excluding carboxylic acids is 2. The third kappa shape index (κ3) is 3.28. The van der Waals surface area contributed by atoms with Gasteiger partial charge in [0, 0.05) is 20.0 Å². The number of fused-ring (bicyclic) bond motifs is 3. The molecule has 1 N–H and O–H groups in total. The van der Waals surface area contributed by atoms with E-state index in [2.05, 4.69) is 10.3 Å². The van der Waals surface area contributed by atoms with E-state index in [-0.39, 0.29) is 24.9 Å². The maximum absolute atomic E-state index is 12.8. The number of halogens is 3. The van der Waals surface area contributed by atoms with E-state index in [1.165, 1.54) is 14.0 Å². The zero-order valence-corrected chi connectivity index (χ0v) is 15.0. The summed E-state index contributed by atoms with van der Waals surface area (Å²) in [4.78, 5) is 26.9. The van der Waals surface area contributed by atoms with Crippen LogP contribution in [0.1, 0.15) is 26.2 Å². The lowest BCUT2D eigenvalue weighted by Crippen LogP contribution is -2.68. The molecule has 9 heteroatoms. The van der Waals surface area contributed by atoms with Gasteiger partial charge in [0.05, 0.1) is 12.3 Å². The number of methoxy groups -OCH3 is 1. The Labute approximate surface area is 154 Å². The number of hydrogen-bond donors (Lipinski definition) is 1. The maximum atomic E-state index is 12.8. The van der Waals surface area contributed by atoms with Crippen LogP contribution in [0, 0.1) is 11.8 Å². The van der Waals surface area contributed by atoms with E-state index in [1.807, 2.05) is 0 Å². The molecule has 148 valence electrons. The van der Waals surface area contributed by atoms with Crippen LogP contribution in [0.4, 0.5) is 13.2 Å². The van der Waals surface area contributed by atoms with Crippen molar-refractivity contribution in [1.29, 1.82) is 0 Å². The minimum atomic E-state index is -4.99. The van der Waals surface area contributed by atoms with Gasteiger partial charge in [-0.3, -0.25) is 14.6 Å². The maximum Gasteiger partial charge on any atom is 0.471 e. The highest BCUT2D eigenvalue weighted by molar-refractivity contribution is 6.07. The molecule has 1 fully saturated rings. The van der Waals surface area contributed by atoms with Gasteiger partial charge in [-0.1, -0.05) is 12.2 Å². The minimum absolute atomic E-state index is 0.0357. The molecule has 2 aliphatic carbocycles. The van der Waals surface area contributed by atoms with Gasteiger partial charge in [0.15, 0.2) is 0 Å². The van der Waals surface area contributed by atoms with Crippen molar-refractivity contribution in [2.75, 3.05) is 13.7 Å². The number of carbonyl (C=O) groups is 2. The SMILES string of the molecule is CO[C@]12C=CC=CC1=N[C@@]1(NC(=O)C(F)(F)F)C[C@H](CCCOC(C)=O)[C@H]12. The number of nitrogens with one attached hydrogen (secondary N) is 1. The second-order valence-electron chi connectivity index (χ2n) is 7.01. The molecule has 3 aliphatic rings. The summed E-state index contributed by atoms with van der Waals surface area (Å²) in [6, 6.07) is 0. The van der Waals surface area contributed by atoms with E-state index in [0.717, 1.165) is 0 Å². The first-order valence-corrected chi connectivity index (χ1v) is 8.69. The second kappa shape index (κ2) is 6.78. The summed E-state index contributed by atoms with van der Waals surface area (Å²) in [5, 5.41) is 2.10. The van der Waals surface area contributed by atoms with E-state index in [1.54, 1.807) is 24.3 Å². The smallest absolute Gasteiger partial charge is 0.466 e. The number of hydrogen-bond acceptors (Lipinski definition) is 5. The number of ether oxygens (including phenoxy) is 2. The molecule has 0 bridgehead atoms. The molecule has 0 saturated heterocycles. The number of esters is 1. The quantitative estimate of drug-likeness (QED) is 0.561. The topological polar surface area (TPSA) is 77.0 Å². The molecule has 1 amide bonds. The third-order valence-electron chi connectivity index (χ3n) is 5.40. The molecule has 6 nitrogen and oxygen atoms in total. The number of allylic oxidation sites excluding steroid dienone is 2. The number of aliphatic imine (C=N–C) groups is 1. The minimum Gasteiger partial charge on any atom is -0.466 e. The molecule has 27 heavy (non-hydrogen) atoms. The molecular weight excluding hydrogens is 365 g/mol. The Morgan fingerprint density at radius 3 is 2.74 bits per heavy atom. The van der Waals surface area contributed by atoms with Crippen LogP contribution in [0.2, 0.25) is 0 Å². The Morgan fingerprint density at radius 1 is 1.37 bits per heavy atom. The Kier molecular flexibility index (Phi) is 4.92. The van der Waals surface area contributed by atoms with Crippen molar-refractivity contribution >= 4 is 17.6 Å². The van der Waals surface area contributed by atoms with Crippen LogP contribution in [-0.4, -0.2) is 48.7 Å². The Morgan fingerprint density at radius 2 is 2.11 bits per heavy atom. The lowest BCUT2D eigenvalue weighted by atomic mass is 9.56. The van der Waals surface area contributed by atoms with Crippen molar-refractivity contribution in [3.63, 3.8) is 0 Å². The predicted molar refractivity (Wildman–Crippen MR) is 89.8 cm³/mol. The van der Waals surface area contributed by atoms with E-state index in [9.17, 15) is 22.8 Å². The van der Waals surface area contributed by atoms with E-state index in [0.29, 0.717) is 18.6 Å². The Hall–Kier alpha value is -2.16. The lowest BCUT2D eigenvalue weighted by Gasteiger charge is -2.54. The molecule has 1 heterocycles. The van der Waals surface area contributed by atoms with Crippen molar-refractivity contribution in [2.45, 2.75) is 43.6 Å². The van der Waals surface area contributed by atoms with Crippen LogP contribution < -0.4 is 5.32 Å². The second-order valence-corrected chi connectivity index (χ2v) is 7.01. The molecule has 0 aromatic heterocycles. The van der Waals surface area contributed by atoms with Gasteiger partial charge in [0.2, 0.25) is 0 Å². The van der Waals surface area contributed by atoms with Gasteiger partial charge in [0.1, 0.15) is 11.3 Å². The molecule has 0 aromatic rings. The van der Waals surface area contributed by atoms with Gasteiger partial charge in [-0.25, -0.2) is 0 Å². The number of amides is 1. The van der Waals surface area contributed by atoms with Crippen molar-refractivity contribution in [2.24, 2.45) is 16.8 Å². The van der Waals surface area contributed by atoms with Crippen LogP contribution in [0.5, 0.6) is 0 Å². The monoisotopic (exact) mass is 386 g/mol. The van der Waals surface area contributed by atoms with Crippen LogP contribution in [-0.2, 0) is 19.1 Å². The van der Waals surface area contributed by atoms with Crippen LogP contribution in [0.25, 0.3) is 0 Å². The highest BCUT2D eigenvalue weighted by atomic mass is 19.4. The van der Waals surface area contributed by atoms with Gasteiger partial charge in [-0.05, 0) is 37.3 Å². The fourth-order valence-corrected chi connectivity index (χ4v) is 4.41. The summed E-state index contributed by atoms with van der Waals surface area (Å²) in [5.74, 6) is -2.88. The number of rotatable bonds is 6. The lowest BCUT2D eigenvalue weighted by molar-refractivity contribution is -0.181.